The van der Waals surface area contributed by atoms with Crippen LogP contribution in [0, 0.1) is 0 Å². The van der Waals surface area contributed by atoms with Crippen LogP contribution in [0.15, 0.2) is 9.59 Å². The molecule has 21 heavy (non-hydrogen) atoms. The molecular formula is C14H24N4O3. The standard InChI is InChI=1S/C14H24N4O3/c1-9(2)18-12(19)16-11(17-13(18)20)15-10(3)14(21)7-5-4-6-8-14/h9-10,21H,4-8H2,1-3H3,(H2,15,16,17,19,20). The maximum Gasteiger partial charge on any atom is 0.355 e. The predicted molar refractivity (Wildman–Crippen MR) is 80.6 cm³/mol. The van der Waals surface area contributed by atoms with E-state index in [-0.39, 0.29) is 18.0 Å². The van der Waals surface area contributed by atoms with Gasteiger partial charge in [0.25, 0.3) is 0 Å². The summed E-state index contributed by atoms with van der Waals surface area (Å²) in [6.45, 7) is 5.34. The highest BCUT2D eigenvalue weighted by atomic mass is 16.3. The third-order valence-electron chi connectivity index (χ3n) is 4.25. The Hall–Kier alpha value is -1.63. The van der Waals surface area contributed by atoms with Gasteiger partial charge in [0.15, 0.2) is 0 Å². The molecule has 7 nitrogen and oxygen atoms in total. The topological polar surface area (TPSA) is 100 Å². The summed E-state index contributed by atoms with van der Waals surface area (Å²) in [4.78, 5) is 30.2. The minimum absolute atomic E-state index is 0.119. The number of H-pyrrole nitrogens is 1. The number of aliphatic hydroxyl groups is 1. The molecule has 0 radical (unpaired) electrons. The number of nitrogens with zero attached hydrogens (tertiary/aromatic N) is 2. The van der Waals surface area contributed by atoms with Gasteiger partial charge in [0.1, 0.15) is 0 Å². The molecule has 1 aromatic heterocycles. The fourth-order valence-corrected chi connectivity index (χ4v) is 2.89. The highest BCUT2D eigenvalue weighted by Gasteiger charge is 2.35. The monoisotopic (exact) mass is 296 g/mol. The molecule has 0 aromatic carbocycles. The lowest BCUT2D eigenvalue weighted by Crippen LogP contribution is -2.48. The molecule has 118 valence electrons. The van der Waals surface area contributed by atoms with E-state index in [2.05, 4.69) is 15.3 Å². The quantitative estimate of drug-likeness (QED) is 0.770. The van der Waals surface area contributed by atoms with Gasteiger partial charge in [-0.25, -0.2) is 14.2 Å². The fourth-order valence-electron chi connectivity index (χ4n) is 2.89. The number of aromatic amines is 1. The summed E-state index contributed by atoms with van der Waals surface area (Å²) in [7, 11) is 0. The van der Waals surface area contributed by atoms with Crippen molar-refractivity contribution in [2.24, 2.45) is 0 Å². The Morgan fingerprint density at radius 2 is 1.86 bits per heavy atom. The van der Waals surface area contributed by atoms with Gasteiger partial charge in [-0.3, -0.25) is 4.98 Å². The molecule has 0 aliphatic heterocycles. The van der Waals surface area contributed by atoms with Crippen LogP contribution in [0.3, 0.4) is 0 Å². The molecule has 2 rings (SSSR count). The van der Waals surface area contributed by atoms with Gasteiger partial charge >= 0.3 is 11.4 Å². The van der Waals surface area contributed by atoms with E-state index in [9.17, 15) is 14.7 Å². The van der Waals surface area contributed by atoms with Gasteiger partial charge < -0.3 is 10.4 Å². The zero-order valence-electron chi connectivity index (χ0n) is 12.8. The van der Waals surface area contributed by atoms with Crippen molar-refractivity contribution in [3.63, 3.8) is 0 Å². The molecule has 1 unspecified atom stereocenters. The van der Waals surface area contributed by atoms with Crippen LogP contribution >= 0.6 is 0 Å². The van der Waals surface area contributed by atoms with Crippen molar-refractivity contribution in [3.8, 4) is 0 Å². The van der Waals surface area contributed by atoms with Crippen molar-refractivity contribution >= 4 is 5.95 Å². The minimum Gasteiger partial charge on any atom is -0.388 e. The van der Waals surface area contributed by atoms with Crippen LogP contribution < -0.4 is 16.7 Å². The zero-order valence-corrected chi connectivity index (χ0v) is 12.8. The number of hydrogen-bond acceptors (Lipinski definition) is 5. The smallest absolute Gasteiger partial charge is 0.355 e. The summed E-state index contributed by atoms with van der Waals surface area (Å²) in [5.74, 6) is 0.119. The SMILES string of the molecule is CC(C)n1c(=O)nc(NC(C)C2(O)CCCCC2)[nH]c1=O. The second-order valence-electron chi connectivity index (χ2n) is 6.17. The van der Waals surface area contributed by atoms with E-state index < -0.39 is 17.0 Å². The van der Waals surface area contributed by atoms with Crippen LogP contribution in [0.5, 0.6) is 0 Å². The van der Waals surface area contributed by atoms with Crippen molar-refractivity contribution < 1.29 is 5.11 Å². The molecule has 0 amide bonds. The van der Waals surface area contributed by atoms with Gasteiger partial charge in [-0.1, -0.05) is 19.3 Å². The van der Waals surface area contributed by atoms with Crippen LogP contribution in [0.2, 0.25) is 0 Å². The maximum absolute atomic E-state index is 11.9. The van der Waals surface area contributed by atoms with E-state index in [1.54, 1.807) is 13.8 Å². The third kappa shape index (κ3) is 3.34. The Morgan fingerprint density at radius 3 is 2.38 bits per heavy atom. The molecule has 1 heterocycles. The van der Waals surface area contributed by atoms with Crippen LogP contribution in [0.1, 0.15) is 58.9 Å². The van der Waals surface area contributed by atoms with Crippen molar-refractivity contribution in [1.29, 1.82) is 0 Å². The number of rotatable bonds is 4. The summed E-state index contributed by atoms with van der Waals surface area (Å²) < 4.78 is 1.06. The first kappa shape index (κ1) is 15.8. The summed E-state index contributed by atoms with van der Waals surface area (Å²) in [6.07, 6.45) is 4.54. The largest absolute Gasteiger partial charge is 0.388 e. The molecule has 1 fully saturated rings. The van der Waals surface area contributed by atoms with Crippen molar-refractivity contribution in [2.45, 2.75) is 70.6 Å². The lowest BCUT2D eigenvalue weighted by Gasteiger charge is -2.37. The summed E-state index contributed by atoms with van der Waals surface area (Å²) in [6, 6.07) is -0.530. The summed E-state index contributed by atoms with van der Waals surface area (Å²) in [5, 5.41) is 13.6. The van der Waals surface area contributed by atoms with E-state index >= 15 is 0 Å². The Labute approximate surface area is 123 Å². The van der Waals surface area contributed by atoms with Gasteiger partial charge in [0.2, 0.25) is 5.95 Å². The first-order chi connectivity index (χ1) is 9.83. The Balaban J connectivity index is 2.20. The Bertz CT molecular complexity index is 568. The highest BCUT2D eigenvalue weighted by Crippen LogP contribution is 2.31. The van der Waals surface area contributed by atoms with Gasteiger partial charge in [-0.15, -0.1) is 0 Å². The lowest BCUT2D eigenvalue weighted by atomic mass is 9.80. The number of anilines is 1. The van der Waals surface area contributed by atoms with E-state index in [1.807, 2.05) is 6.92 Å². The second-order valence-corrected chi connectivity index (χ2v) is 6.17. The van der Waals surface area contributed by atoms with Crippen LogP contribution in [0.4, 0.5) is 5.95 Å². The number of hydrogen-bond donors (Lipinski definition) is 3. The Kier molecular flexibility index (Phi) is 4.51. The van der Waals surface area contributed by atoms with Crippen molar-refractivity contribution in [2.75, 3.05) is 5.32 Å². The summed E-state index contributed by atoms with van der Waals surface area (Å²) in [5.41, 5.74) is -1.89. The number of nitrogens with one attached hydrogen (secondary N) is 2. The van der Waals surface area contributed by atoms with E-state index in [1.165, 1.54) is 0 Å². The molecule has 1 aliphatic carbocycles. The van der Waals surface area contributed by atoms with Gasteiger partial charge in [-0.2, -0.15) is 4.98 Å². The van der Waals surface area contributed by atoms with Crippen LogP contribution in [0.25, 0.3) is 0 Å². The van der Waals surface area contributed by atoms with Gasteiger partial charge in [0.05, 0.1) is 11.6 Å². The predicted octanol–water partition coefficient (Wildman–Crippen LogP) is 1.01. The average molecular weight is 296 g/mol. The van der Waals surface area contributed by atoms with Crippen molar-refractivity contribution in [3.05, 3.63) is 21.0 Å². The van der Waals surface area contributed by atoms with Gasteiger partial charge in [0, 0.05) is 6.04 Å². The number of aromatic nitrogens is 3. The molecule has 3 N–H and O–H groups in total. The van der Waals surface area contributed by atoms with Crippen molar-refractivity contribution in [1.82, 2.24) is 14.5 Å². The first-order valence-corrected chi connectivity index (χ1v) is 7.55. The first-order valence-electron chi connectivity index (χ1n) is 7.55. The van der Waals surface area contributed by atoms with E-state index in [4.69, 9.17) is 0 Å². The van der Waals surface area contributed by atoms with Crippen LogP contribution in [-0.4, -0.2) is 31.3 Å². The molecule has 1 saturated carbocycles. The average Bonchev–Trinajstić information content (AvgIpc) is 2.38. The second kappa shape index (κ2) is 6.01. The highest BCUT2D eigenvalue weighted by molar-refractivity contribution is 5.25. The molecule has 0 bridgehead atoms. The molecule has 1 aliphatic rings. The molecular weight excluding hydrogens is 272 g/mol. The van der Waals surface area contributed by atoms with E-state index in [0.29, 0.717) is 12.8 Å². The zero-order chi connectivity index (χ0) is 15.6. The van der Waals surface area contributed by atoms with Crippen LogP contribution in [-0.2, 0) is 0 Å². The third-order valence-corrected chi connectivity index (χ3v) is 4.25. The molecule has 0 saturated heterocycles. The minimum atomic E-state index is -0.816. The molecule has 1 aromatic rings. The normalized spacial score (nSPS) is 19.5. The van der Waals surface area contributed by atoms with Gasteiger partial charge in [-0.05, 0) is 33.6 Å². The Morgan fingerprint density at radius 1 is 1.24 bits per heavy atom. The molecule has 0 spiro atoms. The molecule has 7 heteroatoms. The fraction of sp³-hybridized carbons (Fsp3) is 0.786. The summed E-state index contributed by atoms with van der Waals surface area (Å²) >= 11 is 0. The molecule has 1 atom stereocenters. The maximum atomic E-state index is 11.9. The van der Waals surface area contributed by atoms with E-state index in [0.717, 1.165) is 23.8 Å². The lowest BCUT2D eigenvalue weighted by molar-refractivity contribution is -0.00899.